The average molecular weight is 870 g/mol. The summed E-state index contributed by atoms with van der Waals surface area (Å²) in [7, 11) is 2.42. The van der Waals surface area contributed by atoms with Crippen LogP contribution in [0.25, 0.3) is 0 Å². The zero-order chi connectivity index (χ0) is 45.6. The van der Waals surface area contributed by atoms with E-state index in [9.17, 15) is 32.1 Å². The molecule has 0 spiro atoms. The lowest BCUT2D eigenvalue weighted by atomic mass is 9.83. The predicted octanol–water partition coefficient (Wildman–Crippen LogP) is 7.08. The Kier molecular flexibility index (Phi) is 20.7. The molecule has 13 heteroatoms. The summed E-state index contributed by atoms with van der Waals surface area (Å²) >= 11 is 0. The van der Waals surface area contributed by atoms with Crippen molar-refractivity contribution in [3.05, 3.63) is 65.7 Å². The first-order valence-electron chi connectivity index (χ1n) is 22.2. The number of ketones is 2. The second kappa shape index (κ2) is 24.4. The minimum absolute atomic E-state index is 0.00504. The number of ether oxygens (including phenoxy) is 2. The molecular formula is C48H75N3O9S. The van der Waals surface area contributed by atoms with Gasteiger partial charge in [0.25, 0.3) is 10.1 Å². The van der Waals surface area contributed by atoms with Crippen molar-refractivity contribution in [2.75, 3.05) is 34.9 Å². The number of hydrogen-bond acceptors (Lipinski definition) is 9. The molecule has 1 fully saturated rings. The van der Waals surface area contributed by atoms with Gasteiger partial charge in [0, 0.05) is 52.5 Å². The quantitative estimate of drug-likeness (QED) is 0.0936. The molecule has 61 heavy (non-hydrogen) atoms. The minimum atomic E-state index is -4.29. The Morgan fingerprint density at radius 3 is 2.03 bits per heavy atom. The Morgan fingerprint density at radius 2 is 1.51 bits per heavy atom. The lowest BCUT2D eigenvalue weighted by Gasteiger charge is -2.41. The third-order valence-electron chi connectivity index (χ3n) is 13.1. The van der Waals surface area contributed by atoms with E-state index in [1.165, 1.54) is 12.1 Å². The molecule has 1 heterocycles. The fourth-order valence-electron chi connectivity index (χ4n) is 9.31. The Labute approximate surface area is 366 Å². The monoisotopic (exact) mass is 870 g/mol. The van der Waals surface area contributed by atoms with E-state index in [1.807, 2.05) is 69.9 Å². The molecule has 1 aliphatic rings. The normalized spacial score (nSPS) is 18.6. The van der Waals surface area contributed by atoms with Crippen molar-refractivity contribution >= 4 is 33.5 Å². The van der Waals surface area contributed by atoms with Gasteiger partial charge >= 0.3 is 0 Å². The first-order valence-corrected chi connectivity index (χ1v) is 23.7. The van der Waals surface area contributed by atoms with Crippen LogP contribution in [0.3, 0.4) is 0 Å². The van der Waals surface area contributed by atoms with Gasteiger partial charge in [-0.15, -0.1) is 0 Å². The van der Waals surface area contributed by atoms with Crippen molar-refractivity contribution in [2.24, 2.45) is 35.5 Å². The van der Waals surface area contributed by atoms with Gasteiger partial charge in [-0.3, -0.25) is 23.7 Å². The number of carbonyl (C=O) groups excluding carboxylic acids is 4. The van der Waals surface area contributed by atoms with Crippen molar-refractivity contribution in [3.8, 4) is 0 Å². The number of likely N-dealkylation sites (tertiary alicyclic amines) is 1. The molecule has 3 rings (SSSR count). The van der Waals surface area contributed by atoms with Crippen molar-refractivity contribution in [3.63, 3.8) is 0 Å². The van der Waals surface area contributed by atoms with Crippen LogP contribution in [0.2, 0.25) is 0 Å². The van der Waals surface area contributed by atoms with Crippen LogP contribution >= 0.6 is 0 Å². The molecular weight excluding hydrogens is 795 g/mol. The number of carbonyl (C=O) groups is 4. The predicted molar refractivity (Wildman–Crippen MR) is 240 cm³/mol. The summed E-state index contributed by atoms with van der Waals surface area (Å²) in [6.07, 6.45) is 3.52. The largest absolute Gasteiger partial charge is 0.379 e. The lowest BCUT2D eigenvalue weighted by Crippen LogP contribution is -2.54. The summed E-state index contributed by atoms with van der Waals surface area (Å²) in [5.41, 5.74) is 2.02. The maximum absolute atomic E-state index is 14.4. The number of nitrogens with zero attached hydrogens (tertiary/aromatic N) is 2. The number of aryl methyl sites for hydroxylation is 1. The van der Waals surface area contributed by atoms with Gasteiger partial charge in [-0.1, -0.05) is 97.4 Å². The number of likely N-dealkylation sites (N-methyl/N-ethyl adjacent to an activating group) is 2. The van der Waals surface area contributed by atoms with Crippen molar-refractivity contribution in [2.45, 2.75) is 141 Å². The summed E-state index contributed by atoms with van der Waals surface area (Å²) in [5, 5.41) is 3.12. The molecule has 9 atom stereocenters. The first-order chi connectivity index (χ1) is 28.8. The molecule has 2 aromatic rings. The summed E-state index contributed by atoms with van der Waals surface area (Å²) in [6, 6.07) is 15.1. The highest BCUT2D eigenvalue weighted by Gasteiger charge is 2.43. The van der Waals surface area contributed by atoms with E-state index in [2.05, 4.69) is 19.2 Å². The molecule has 0 saturated carbocycles. The van der Waals surface area contributed by atoms with Gasteiger partial charge in [0.1, 0.15) is 5.78 Å². The van der Waals surface area contributed by atoms with Gasteiger partial charge < -0.3 is 24.6 Å². The highest BCUT2D eigenvalue weighted by atomic mass is 32.2. The second-order valence-electron chi connectivity index (χ2n) is 18.0. The molecule has 2 aromatic carbocycles. The summed E-state index contributed by atoms with van der Waals surface area (Å²) < 4.78 is 44.7. The molecule has 1 saturated heterocycles. The van der Waals surface area contributed by atoms with Crippen LogP contribution < -0.4 is 5.32 Å². The topological polar surface area (TPSA) is 160 Å². The average Bonchev–Trinajstić information content (AvgIpc) is 3.71. The highest BCUT2D eigenvalue weighted by molar-refractivity contribution is 7.85. The minimum Gasteiger partial charge on any atom is -0.379 e. The molecule has 0 radical (unpaired) electrons. The Bertz CT molecular complexity index is 1800. The molecule has 2 amide bonds. The maximum atomic E-state index is 14.4. The SMILES string of the molecule is CC[C@H](C)[C@@H]([C@@H](CC(=O)N1CCC[C@H]1[C@H](OC)[C@@H](C)C(=O)C[C@H](CCc1ccc(S(=O)(=O)O)cc1)Cc1ccccc1)OC)N(C)C(=O)[C@@H](CC(=O)[C@@H](NC)C(C)C)C(C)C. The molecule has 12 nitrogen and oxygen atoms in total. The lowest BCUT2D eigenvalue weighted by molar-refractivity contribution is -0.149. The number of rotatable bonds is 26. The Balaban J connectivity index is 1.79. The van der Waals surface area contributed by atoms with E-state index in [-0.39, 0.29) is 76.9 Å². The van der Waals surface area contributed by atoms with E-state index in [1.54, 1.807) is 45.3 Å². The first kappa shape index (κ1) is 51.9. The van der Waals surface area contributed by atoms with Crippen molar-refractivity contribution < 1.29 is 41.6 Å². The number of amides is 2. The van der Waals surface area contributed by atoms with Crippen LogP contribution in [-0.2, 0) is 51.6 Å². The van der Waals surface area contributed by atoms with Gasteiger partial charge in [0.2, 0.25) is 11.8 Å². The third kappa shape index (κ3) is 14.5. The van der Waals surface area contributed by atoms with Gasteiger partial charge in [-0.2, -0.15) is 8.42 Å². The molecule has 2 N–H and O–H groups in total. The summed E-state index contributed by atoms with van der Waals surface area (Å²) in [5.74, 6) is -1.22. The maximum Gasteiger partial charge on any atom is 0.294 e. The highest BCUT2D eigenvalue weighted by Crippen LogP contribution is 2.32. The van der Waals surface area contributed by atoms with Crippen LogP contribution in [0.5, 0.6) is 0 Å². The third-order valence-corrected chi connectivity index (χ3v) is 14.0. The number of Topliss-reactive ketones (excluding diaryl/α,β-unsaturated/α-hetero) is 2. The van der Waals surface area contributed by atoms with Gasteiger partial charge in [0.15, 0.2) is 5.78 Å². The van der Waals surface area contributed by atoms with E-state index in [4.69, 9.17) is 9.47 Å². The van der Waals surface area contributed by atoms with E-state index < -0.39 is 40.2 Å². The van der Waals surface area contributed by atoms with Crippen LogP contribution in [-0.4, -0.2) is 111 Å². The van der Waals surface area contributed by atoms with Gasteiger partial charge in [-0.05, 0) is 86.1 Å². The van der Waals surface area contributed by atoms with Gasteiger partial charge in [0.05, 0.1) is 41.6 Å². The van der Waals surface area contributed by atoms with Crippen molar-refractivity contribution in [1.29, 1.82) is 0 Å². The number of nitrogens with one attached hydrogen (secondary N) is 1. The van der Waals surface area contributed by atoms with Crippen LogP contribution in [0, 0.1) is 35.5 Å². The zero-order valence-electron chi connectivity index (χ0n) is 38.6. The van der Waals surface area contributed by atoms with E-state index in [0.717, 1.165) is 24.0 Å². The van der Waals surface area contributed by atoms with E-state index in [0.29, 0.717) is 38.6 Å². The molecule has 1 aliphatic heterocycles. The standard InChI is InChI=1S/C48H75N3O9S/c1-12-33(6)46(50(9)48(55)39(31(2)3)29-42(53)45(49-8)32(4)5)43(59-10)30-44(54)51-26-16-19-40(51)47(60-11)34(7)41(52)28-37(27-36-17-14-13-15-18-36)21-20-35-22-24-38(25-23-35)61(56,57)58/h13-15,17-18,22-25,31-34,37,39-40,43,45-47,49H,12,16,19-21,26-30H2,1-11H3,(H,56,57,58)/t33-,34-,37+,39-,40-,43+,45-,46-,47+/m0/s1. The second-order valence-corrected chi connectivity index (χ2v) is 19.4. The van der Waals surface area contributed by atoms with Crippen LogP contribution in [0.1, 0.15) is 105 Å². The fraction of sp³-hybridized carbons (Fsp3) is 0.667. The fourth-order valence-corrected chi connectivity index (χ4v) is 9.79. The van der Waals surface area contributed by atoms with Crippen LogP contribution in [0.15, 0.2) is 59.5 Å². The van der Waals surface area contributed by atoms with Crippen molar-refractivity contribution in [1.82, 2.24) is 15.1 Å². The summed E-state index contributed by atoms with van der Waals surface area (Å²) in [4.78, 5) is 59.7. The molecule has 0 aromatic heterocycles. The Morgan fingerprint density at radius 1 is 0.869 bits per heavy atom. The zero-order valence-corrected chi connectivity index (χ0v) is 39.5. The van der Waals surface area contributed by atoms with E-state index >= 15 is 0 Å². The number of methoxy groups -OCH3 is 2. The van der Waals surface area contributed by atoms with Crippen LogP contribution in [0.4, 0.5) is 0 Å². The smallest absolute Gasteiger partial charge is 0.294 e. The number of benzene rings is 2. The molecule has 342 valence electrons. The molecule has 0 aliphatic carbocycles. The molecule has 0 bridgehead atoms. The number of hydrogen-bond donors (Lipinski definition) is 2. The molecule has 0 unspecified atom stereocenters. The summed E-state index contributed by atoms with van der Waals surface area (Å²) in [6.45, 7) is 14.4. The Hall–Kier alpha value is -3.49. The van der Waals surface area contributed by atoms with Gasteiger partial charge in [-0.25, -0.2) is 0 Å².